The van der Waals surface area contributed by atoms with Crippen LogP contribution in [0.4, 0.5) is 5.82 Å². The molecule has 0 aliphatic rings. The average molecular weight is 331 g/mol. The minimum atomic E-state index is -0.195. The van der Waals surface area contributed by atoms with E-state index in [2.05, 4.69) is 36.2 Å². The zero-order valence-corrected chi connectivity index (χ0v) is 12.2. The second-order valence-electron chi connectivity index (χ2n) is 4.41. The molecule has 20 heavy (non-hydrogen) atoms. The Morgan fingerprint density at radius 2 is 2.15 bits per heavy atom. The lowest BCUT2D eigenvalue weighted by Gasteiger charge is -2.07. The number of carbonyl (C=O) groups excluding carboxylic acids is 1. The zero-order valence-electron chi connectivity index (χ0n) is 10.6. The first kappa shape index (κ1) is 12.8. The highest BCUT2D eigenvalue weighted by Gasteiger charge is 2.10. The Kier molecular flexibility index (Phi) is 3.23. The van der Waals surface area contributed by atoms with Gasteiger partial charge in [-0.25, -0.2) is 9.97 Å². The van der Waals surface area contributed by atoms with Crippen LogP contribution in [0, 0.1) is 6.92 Å². The van der Waals surface area contributed by atoms with Crippen molar-refractivity contribution < 1.29 is 4.79 Å². The average Bonchev–Trinajstić information content (AvgIpc) is 2.89. The van der Waals surface area contributed by atoms with Crippen molar-refractivity contribution in [3.05, 3.63) is 52.4 Å². The summed E-state index contributed by atoms with van der Waals surface area (Å²) in [7, 11) is 0. The van der Waals surface area contributed by atoms with E-state index in [9.17, 15) is 4.79 Å². The summed E-state index contributed by atoms with van der Waals surface area (Å²) >= 11 is 3.34. The van der Waals surface area contributed by atoms with Crippen LogP contribution in [0.15, 0.2) is 41.3 Å². The Balaban J connectivity index is 1.88. The van der Waals surface area contributed by atoms with Crippen molar-refractivity contribution >= 4 is 38.7 Å². The van der Waals surface area contributed by atoms with Gasteiger partial charge in [0.05, 0.1) is 17.4 Å². The maximum absolute atomic E-state index is 12.2. The van der Waals surface area contributed by atoms with E-state index in [1.807, 2.05) is 19.1 Å². The van der Waals surface area contributed by atoms with Gasteiger partial charge in [-0.3, -0.25) is 4.79 Å². The van der Waals surface area contributed by atoms with Crippen LogP contribution in [0.2, 0.25) is 0 Å². The molecule has 3 rings (SSSR count). The van der Waals surface area contributed by atoms with Gasteiger partial charge < -0.3 is 10.3 Å². The number of anilines is 1. The molecule has 0 saturated carbocycles. The van der Waals surface area contributed by atoms with Gasteiger partial charge in [-0.1, -0.05) is 0 Å². The van der Waals surface area contributed by atoms with E-state index in [4.69, 9.17) is 0 Å². The van der Waals surface area contributed by atoms with Gasteiger partial charge >= 0.3 is 0 Å². The number of aryl methyl sites for hydroxylation is 1. The molecule has 100 valence electrons. The second-order valence-corrected chi connectivity index (χ2v) is 5.32. The number of amides is 1. The molecule has 2 N–H and O–H groups in total. The minimum Gasteiger partial charge on any atom is -0.345 e. The predicted molar refractivity (Wildman–Crippen MR) is 80.7 cm³/mol. The van der Waals surface area contributed by atoms with Crippen molar-refractivity contribution in [2.45, 2.75) is 6.92 Å². The Labute approximate surface area is 123 Å². The third-order valence-corrected chi connectivity index (χ3v) is 3.39. The van der Waals surface area contributed by atoms with Crippen LogP contribution >= 0.6 is 15.9 Å². The topological polar surface area (TPSA) is 70.7 Å². The van der Waals surface area contributed by atoms with E-state index in [1.54, 1.807) is 24.7 Å². The minimum absolute atomic E-state index is 0.195. The third-order valence-electron chi connectivity index (χ3n) is 2.96. The fourth-order valence-electron chi connectivity index (χ4n) is 1.93. The SMILES string of the molecule is Cc1cc(Br)cnc1NC(=O)c1ccc2nc[nH]c2c1. The molecule has 2 aromatic heterocycles. The summed E-state index contributed by atoms with van der Waals surface area (Å²) in [5, 5.41) is 2.81. The molecule has 5 nitrogen and oxygen atoms in total. The number of imidazole rings is 1. The van der Waals surface area contributed by atoms with Crippen molar-refractivity contribution in [3.8, 4) is 0 Å². The number of fused-ring (bicyclic) bond motifs is 1. The first-order valence-corrected chi connectivity index (χ1v) is 6.79. The number of H-pyrrole nitrogens is 1. The third kappa shape index (κ3) is 2.42. The maximum atomic E-state index is 12.2. The summed E-state index contributed by atoms with van der Waals surface area (Å²) in [4.78, 5) is 23.5. The first-order valence-electron chi connectivity index (χ1n) is 6.00. The smallest absolute Gasteiger partial charge is 0.256 e. The van der Waals surface area contributed by atoms with Crippen LogP contribution in [0.25, 0.3) is 11.0 Å². The van der Waals surface area contributed by atoms with Gasteiger partial charge in [-0.2, -0.15) is 0 Å². The highest BCUT2D eigenvalue weighted by Crippen LogP contribution is 2.18. The number of pyridine rings is 1. The van der Waals surface area contributed by atoms with Gasteiger partial charge in [-0.15, -0.1) is 0 Å². The lowest BCUT2D eigenvalue weighted by Crippen LogP contribution is -2.13. The Bertz CT molecular complexity index is 797. The normalized spacial score (nSPS) is 10.7. The molecule has 0 atom stereocenters. The van der Waals surface area contributed by atoms with Crippen LogP contribution in [0.5, 0.6) is 0 Å². The van der Waals surface area contributed by atoms with Crippen molar-refractivity contribution in [3.63, 3.8) is 0 Å². The standard InChI is InChI=1S/C14H11BrN4O/c1-8-4-10(15)6-16-13(8)19-14(20)9-2-3-11-12(5-9)18-7-17-11/h2-7H,1H3,(H,17,18)(H,16,19,20). The summed E-state index contributed by atoms with van der Waals surface area (Å²) in [6, 6.07) is 7.22. The van der Waals surface area contributed by atoms with E-state index in [1.165, 1.54) is 0 Å². The van der Waals surface area contributed by atoms with Crippen molar-refractivity contribution in [1.82, 2.24) is 15.0 Å². The van der Waals surface area contributed by atoms with Crippen molar-refractivity contribution in [1.29, 1.82) is 0 Å². The van der Waals surface area contributed by atoms with Crippen LogP contribution in [0.3, 0.4) is 0 Å². The number of aromatic nitrogens is 3. The Morgan fingerprint density at radius 1 is 1.30 bits per heavy atom. The molecule has 1 aromatic carbocycles. The van der Waals surface area contributed by atoms with E-state index in [-0.39, 0.29) is 5.91 Å². The van der Waals surface area contributed by atoms with E-state index >= 15 is 0 Å². The molecule has 0 aliphatic carbocycles. The molecular formula is C14H11BrN4O. The largest absolute Gasteiger partial charge is 0.345 e. The summed E-state index contributed by atoms with van der Waals surface area (Å²) in [6.07, 6.45) is 3.26. The number of aromatic amines is 1. The molecule has 0 bridgehead atoms. The molecule has 0 spiro atoms. The molecule has 0 aliphatic heterocycles. The molecule has 0 unspecified atom stereocenters. The van der Waals surface area contributed by atoms with Gasteiger partial charge in [0.25, 0.3) is 5.91 Å². The van der Waals surface area contributed by atoms with Gasteiger partial charge in [0.15, 0.2) is 0 Å². The van der Waals surface area contributed by atoms with Gasteiger partial charge in [-0.05, 0) is 52.7 Å². The monoisotopic (exact) mass is 330 g/mol. The lowest BCUT2D eigenvalue weighted by molar-refractivity contribution is 0.102. The first-order chi connectivity index (χ1) is 9.63. The number of halogens is 1. The maximum Gasteiger partial charge on any atom is 0.256 e. The summed E-state index contributed by atoms with van der Waals surface area (Å²) < 4.78 is 0.881. The fraction of sp³-hybridized carbons (Fsp3) is 0.0714. The number of hydrogen-bond donors (Lipinski definition) is 2. The van der Waals surface area contributed by atoms with Crippen LogP contribution in [-0.2, 0) is 0 Å². The summed E-state index contributed by atoms with van der Waals surface area (Å²) in [5.41, 5.74) is 3.12. The molecule has 0 saturated heterocycles. The number of nitrogens with one attached hydrogen (secondary N) is 2. The molecular weight excluding hydrogens is 320 g/mol. The number of benzene rings is 1. The Morgan fingerprint density at radius 3 is 2.95 bits per heavy atom. The number of nitrogens with zero attached hydrogens (tertiary/aromatic N) is 2. The van der Waals surface area contributed by atoms with E-state index in [0.717, 1.165) is 21.1 Å². The fourth-order valence-corrected chi connectivity index (χ4v) is 2.37. The molecule has 0 fully saturated rings. The van der Waals surface area contributed by atoms with Gasteiger partial charge in [0.1, 0.15) is 5.82 Å². The number of carbonyl (C=O) groups is 1. The predicted octanol–water partition coefficient (Wildman–Crippen LogP) is 3.28. The van der Waals surface area contributed by atoms with E-state index in [0.29, 0.717) is 11.4 Å². The van der Waals surface area contributed by atoms with Crippen LogP contribution in [0.1, 0.15) is 15.9 Å². The zero-order chi connectivity index (χ0) is 14.1. The molecule has 6 heteroatoms. The van der Waals surface area contributed by atoms with Crippen LogP contribution in [-0.4, -0.2) is 20.9 Å². The van der Waals surface area contributed by atoms with Gasteiger partial charge in [0.2, 0.25) is 0 Å². The van der Waals surface area contributed by atoms with Crippen molar-refractivity contribution in [2.75, 3.05) is 5.32 Å². The van der Waals surface area contributed by atoms with Crippen LogP contribution < -0.4 is 5.32 Å². The Hall–Kier alpha value is -2.21. The highest BCUT2D eigenvalue weighted by molar-refractivity contribution is 9.10. The highest BCUT2D eigenvalue weighted by atomic mass is 79.9. The number of rotatable bonds is 2. The van der Waals surface area contributed by atoms with Gasteiger partial charge in [0, 0.05) is 16.2 Å². The van der Waals surface area contributed by atoms with E-state index < -0.39 is 0 Å². The van der Waals surface area contributed by atoms with Crippen molar-refractivity contribution in [2.24, 2.45) is 0 Å². The second kappa shape index (κ2) is 5.05. The quantitative estimate of drug-likeness (QED) is 0.757. The molecule has 3 aromatic rings. The summed E-state index contributed by atoms with van der Waals surface area (Å²) in [5.74, 6) is 0.363. The lowest BCUT2D eigenvalue weighted by atomic mass is 10.2. The molecule has 1 amide bonds. The number of hydrogen-bond acceptors (Lipinski definition) is 3. The molecule has 0 radical (unpaired) electrons. The summed E-state index contributed by atoms with van der Waals surface area (Å²) in [6.45, 7) is 1.89. The molecule has 2 heterocycles.